The molecular weight excluding hydrogens is 450 g/mol. The minimum atomic E-state index is 0.302. The molecule has 3 aromatic rings. The number of rotatable bonds is 5. The fourth-order valence-electron chi connectivity index (χ4n) is 6.93. The summed E-state index contributed by atoms with van der Waals surface area (Å²) in [5.74, 6) is 0.785. The number of anilines is 1. The molecule has 0 radical (unpaired) electrons. The lowest BCUT2D eigenvalue weighted by Crippen LogP contribution is -2.57. The summed E-state index contributed by atoms with van der Waals surface area (Å²) in [4.78, 5) is 14.8. The molecule has 0 unspecified atom stereocenters. The number of hydrogen-bond acceptors (Lipinski definition) is 7. The Morgan fingerprint density at radius 1 is 1.08 bits per heavy atom. The molecule has 1 aliphatic carbocycles. The Kier molecular flexibility index (Phi) is 5.51. The highest BCUT2D eigenvalue weighted by atomic mass is 16.5. The lowest BCUT2D eigenvalue weighted by molar-refractivity contribution is 0.157. The molecule has 8 rings (SSSR count). The fraction of sp³-hybridized carbons (Fsp3) is 0.517. The van der Waals surface area contributed by atoms with Gasteiger partial charge in [0.1, 0.15) is 12.4 Å². The van der Waals surface area contributed by atoms with Crippen LogP contribution in [0.1, 0.15) is 55.0 Å². The number of fused-ring (bicyclic) bond motifs is 4. The number of nitrogens with one attached hydrogen (secondary N) is 1. The largest absolute Gasteiger partial charge is 0.508 e. The molecule has 2 N–H and O–H groups in total. The van der Waals surface area contributed by atoms with Crippen LogP contribution in [0.15, 0.2) is 36.4 Å². The van der Waals surface area contributed by atoms with E-state index in [4.69, 9.17) is 14.7 Å². The molecule has 188 valence electrons. The molecule has 0 amide bonds. The molecule has 2 aromatic carbocycles. The van der Waals surface area contributed by atoms with E-state index in [0.29, 0.717) is 49.0 Å². The van der Waals surface area contributed by atoms with Crippen molar-refractivity contribution in [2.45, 2.75) is 69.1 Å². The number of nitrogens with zero attached hydrogens (tertiary/aromatic N) is 4. The number of hydrogen-bond donors (Lipinski definition) is 2. The quantitative estimate of drug-likeness (QED) is 0.566. The number of piperidine rings is 1. The Morgan fingerprint density at radius 3 is 2.72 bits per heavy atom. The molecule has 5 heterocycles. The van der Waals surface area contributed by atoms with Gasteiger partial charge in [-0.25, -0.2) is 0 Å². The molecule has 4 atom stereocenters. The average molecular weight is 486 g/mol. The molecule has 1 saturated carbocycles. The first-order chi connectivity index (χ1) is 17.6. The first kappa shape index (κ1) is 22.3. The highest BCUT2D eigenvalue weighted by Gasteiger charge is 2.40. The first-order valence-electron chi connectivity index (χ1n) is 13.6. The van der Waals surface area contributed by atoms with E-state index < -0.39 is 0 Å². The molecule has 36 heavy (non-hydrogen) atoms. The standard InChI is InChI=1S/C29H35N5O2/c1-33-9-4-6-22(33)17-36-29-31-26-16-34(27-15-23(35)13-18-5-2-3-7-24(18)27)10-8-25(26)28(32-29)19-11-20-14-21(12-19)30-20/h2-3,5,7,13,15,19-22,30,35H,4,6,8-12,14,16-17H2,1H3/t19-,20-,21+,22-/m0/s1. The van der Waals surface area contributed by atoms with E-state index in [-0.39, 0.29) is 0 Å². The second kappa shape index (κ2) is 8.89. The van der Waals surface area contributed by atoms with Crippen LogP contribution in [0.4, 0.5) is 5.69 Å². The summed E-state index contributed by atoms with van der Waals surface area (Å²) in [7, 11) is 2.18. The summed E-state index contributed by atoms with van der Waals surface area (Å²) < 4.78 is 6.29. The second-order valence-electron chi connectivity index (χ2n) is 11.2. The second-order valence-corrected chi connectivity index (χ2v) is 11.2. The zero-order chi connectivity index (χ0) is 24.2. The summed E-state index contributed by atoms with van der Waals surface area (Å²) in [5.41, 5.74) is 4.70. The number of ether oxygens (including phenoxy) is 1. The summed E-state index contributed by atoms with van der Waals surface area (Å²) >= 11 is 0. The highest BCUT2D eigenvalue weighted by molar-refractivity contribution is 5.95. The Labute approximate surface area is 212 Å². The molecule has 4 aliphatic heterocycles. The molecule has 2 bridgehead atoms. The van der Waals surface area contributed by atoms with E-state index in [1.165, 1.54) is 30.5 Å². The SMILES string of the molecule is CN1CCC[C@H]1COc1nc2c(c([C@H]3C[C@H]4C[C@@H](C3)N4)n1)CCN(c1cc(O)cc3ccccc13)C2. The van der Waals surface area contributed by atoms with Gasteiger partial charge in [-0.3, -0.25) is 0 Å². The molecule has 0 spiro atoms. The van der Waals surface area contributed by atoms with Gasteiger partial charge in [-0.15, -0.1) is 0 Å². The van der Waals surface area contributed by atoms with E-state index in [9.17, 15) is 5.11 Å². The van der Waals surface area contributed by atoms with E-state index in [2.05, 4.69) is 40.4 Å². The molecule has 3 saturated heterocycles. The predicted octanol–water partition coefficient (Wildman–Crippen LogP) is 3.98. The van der Waals surface area contributed by atoms with E-state index in [0.717, 1.165) is 54.5 Å². The van der Waals surface area contributed by atoms with Gasteiger partial charge < -0.3 is 25.0 Å². The number of likely N-dealkylation sites (N-methyl/N-ethyl adjacent to an activating group) is 1. The summed E-state index contributed by atoms with van der Waals surface area (Å²) in [6.45, 7) is 3.37. The van der Waals surface area contributed by atoms with Gasteiger partial charge in [-0.1, -0.05) is 24.3 Å². The van der Waals surface area contributed by atoms with Gasteiger partial charge in [-0.05, 0) is 69.1 Å². The van der Waals surface area contributed by atoms with Gasteiger partial charge in [0.2, 0.25) is 0 Å². The van der Waals surface area contributed by atoms with Crippen molar-refractivity contribution < 1.29 is 9.84 Å². The third-order valence-electron chi connectivity index (χ3n) is 8.88. The molecule has 4 fully saturated rings. The van der Waals surface area contributed by atoms with Crippen molar-refractivity contribution in [3.05, 3.63) is 53.3 Å². The predicted molar refractivity (Wildman–Crippen MR) is 141 cm³/mol. The third kappa shape index (κ3) is 3.98. The first-order valence-corrected chi connectivity index (χ1v) is 13.6. The normalized spacial score (nSPS) is 27.6. The molecular formula is C29H35N5O2. The van der Waals surface area contributed by atoms with Crippen molar-refractivity contribution in [2.24, 2.45) is 0 Å². The van der Waals surface area contributed by atoms with Crippen LogP contribution in [-0.2, 0) is 13.0 Å². The van der Waals surface area contributed by atoms with Crippen molar-refractivity contribution in [2.75, 3.05) is 31.6 Å². The monoisotopic (exact) mass is 485 g/mol. The van der Waals surface area contributed by atoms with Gasteiger partial charge in [0.05, 0.1) is 17.9 Å². The maximum atomic E-state index is 10.4. The van der Waals surface area contributed by atoms with Crippen LogP contribution in [0, 0.1) is 0 Å². The van der Waals surface area contributed by atoms with Crippen LogP contribution in [0.2, 0.25) is 0 Å². The van der Waals surface area contributed by atoms with E-state index in [1.807, 2.05) is 18.2 Å². The van der Waals surface area contributed by atoms with Crippen molar-refractivity contribution >= 4 is 16.5 Å². The maximum Gasteiger partial charge on any atom is 0.316 e. The van der Waals surface area contributed by atoms with E-state index in [1.54, 1.807) is 0 Å². The number of likely N-dealkylation sites (tertiary alicyclic amines) is 1. The smallest absolute Gasteiger partial charge is 0.316 e. The lowest BCUT2D eigenvalue weighted by Gasteiger charge is -2.47. The van der Waals surface area contributed by atoms with E-state index >= 15 is 0 Å². The van der Waals surface area contributed by atoms with Crippen LogP contribution in [0.25, 0.3) is 10.8 Å². The number of aromatic nitrogens is 2. The van der Waals surface area contributed by atoms with Gasteiger partial charge in [0, 0.05) is 47.7 Å². The molecule has 5 aliphatic rings. The summed E-state index contributed by atoms with van der Waals surface area (Å²) in [5, 5.41) is 16.3. The minimum Gasteiger partial charge on any atom is -0.508 e. The van der Waals surface area contributed by atoms with Crippen LogP contribution < -0.4 is 15.0 Å². The van der Waals surface area contributed by atoms with Crippen LogP contribution in [-0.4, -0.2) is 64.8 Å². The van der Waals surface area contributed by atoms with Gasteiger partial charge in [0.15, 0.2) is 0 Å². The number of phenolic OH excluding ortho intramolecular Hbond substituents is 1. The topological polar surface area (TPSA) is 73.8 Å². The van der Waals surface area contributed by atoms with Crippen molar-refractivity contribution in [3.8, 4) is 11.8 Å². The number of aromatic hydroxyl groups is 1. The molecule has 1 aromatic heterocycles. The van der Waals surface area contributed by atoms with Gasteiger partial charge in [0.25, 0.3) is 0 Å². The Bertz CT molecular complexity index is 1280. The average Bonchev–Trinajstić information content (AvgIpc) is 3.30. The van der Waals surface area contributed by atoms with Gasteiger partial charge in [-0.2, -0.15) is 9.97 Å². The van der Waals surface area contributed by atoms with Crippen LogP contribution in [0.3, 0.4) is 0 Å². The van der Waals surface area contributed by atoms with Crippen molar-refractivity contribution in [1.82, 2.24) is 20.2 Å². The third-order valence-corrected chi connectivity index (χ3v) is 8.88. The number of benzene rings is 2. The van der Waals surface area contributed by atoms with Gasteiger partial charge >= 0.3 is 6.01 Å². The zero-order valence-corrected chi connectivity index (χ0v) is 21.0. The zero-order valence-electron chi connectivity index (χ0n) is 21.0. The summed E-state index contributed by atoms with van der Waals surface area (Å²) in [6, 6.07) is 14.3. The Hall–Kier alpha value is -2.90. The maximum absolute atomic E-state index is 10.4. The minimum absolute atomic E-state index is 0.302. The molecule has 7 nitrogen and oxygen atoms in total. The highest BCUT2D eigenvalue weighted by Crippen LogP contribution is 2.42. The number of phenols is 1. The fourth-order valence-corrected chi connectivity index (χ4v) is 6.93. The summed E-state index contributed by atoms with van der Waals surface area (Å²) in [6.07, 6.45) is 6.94. The molecule has 7 heteroatoms. The van der Waals surface area contributed by atoms with Crippen molar-refractivity contribution in [1.29, 1.82) is 0 Å². The lowest BCUT2D eigenvalue weighted by atomic mass is 9.73. The van der Waals surface area contributed by atoms with Crippen molar-refractivity contribution in [3.63, 3.8) is 0 Å². The Balaban J connectivity index is 1.22. The Morgan fingerprint density at radius 2 is 1.92 bits per heavy atom. The van der Waals surface area contributed by atoms with Crippen LogP contribution >= 0.6 is 0 Å². The van der Waals surface area contributed by atoms with Crippen LogP contribution in [0.5, 0.6) is 11.8 Å².